The van der Waals surface area contributed by atoms with Crippen molar-refractivity contribution in [3.05, 3.63) is 10.7 Å². The van der Waals surface area contributed by atoms with Crippen LogP contribution in [0, 0.1) is 5.92 Å². The highest BCUT2D eigenvalue weighted by atomic mass is 79.9. The molecule has 0 aromatic carbocycles. The largest absolute Gasteiger partial charge is 0.383 e. The fourth-order valence-electron chi connectivity index (χ4n) is 2.55. The highest BCUT2D eigenvalue weighted by Crippen LogP contribution is 2.28. The van der Waals surface area contributed by atoms with Crippen LogP contribution in [0.15, 0.2) is 10.7 Å². The minimum absolute atomic E-state index is 0.527. The smallest absolute Gasteiger partial charge is 0.228 e. The van der Waals surface area contributed by atoms with Gasteiger partial charge in [-0.1, -0.05) is 26.7 Å². The molecule has 1 aromatic heterocycles. The second-order valence-electron chi connectivity index (χ2n) is 5.40. The number of aromatic nitrogens is 2. The lowest BCUT2D eigenvalue weighted by atomic mass is 10.1. The number of nitrogens with zero attached hydrogens (tertiary/aromatic N) is 3. The Balaban J connectivity index is 2.26. The van der Waals surface area contributed by atoms with Crippen LogP contribution in [0.2, 0.25) is 0 Å². The van der Waals surface area contributed by atoms with Crippen molar-refractivity contribution in [3.63, 3.8) is 0 Å². The van der Waals surface area contributed by atoms with Crippen LogP contribution < -0.4 is 10.6 Å². The van der Waals surface area contributed by atoms with Crippen molar-refractivity contribution in [3.8, 4) is 0 Å². The van der Waals surface area contributed by atoms with Crippen LogP contribution in [0.4, 0.5) is 11.8 Å². The quantitative estimate of drug-likeness (QED) is 0.867. The van der Waals surface area contributed by atoms with Gasteiger partial charge in [0.15, 0.2) is 0 Å². The summed E-state index contributed by atoms with van der Waals surface area (Å²) < 4.78 is 0.761. The van der Waals surface area contributed by atoms with Crippen LogP contribution in [0.5, 0.6) is 0 Å². The second-order valence-corrected chi connectivity index (χ2v) is 6.21. The fraction of sp³-hybridized carbons (Fsp3) is 0.692. The van der Waals surface area contributed by atoms with E-state index in [1.54, 1.807) is 6.07 Å². The van der Waals surface area contributed by atoms with E-state index in [0.29, 0.717) is 17.8 Å². The Labute approximate surface area is 117 Å². The number of halogens is 1. The summed E-state index contributed by atoms with van der Waals surface area (Å²) in [5.74, 6) is 1.88. The lowest BCUT2D eigenvalue weighted by Gasteiger charge is -2.30. The van der Waals surface area contributed by atoms with Gasteiger partial charge < -0.3 is 10.6 Å². The third kappa shape index (κ3) is 3.34. The molecule has 0 amide bonds. The van der Waals surface area contributed by atoms with Crippen molar-refractivity contribution in [2.24, 2.45) is 5.92 Å². The highest BCUT2D eigenvalue weighted by molar-refractivity contribution is 9.10. The molecule has 1 aliphatic rings. The van der Waals surface area contributed by atoms with E-state index in [4.69, 9.17) is 5.73 Å². The number of hydrogen-bond acceptors (Lipinski definition) is 4. The molecule has 4 nitrogen and oxygen atoms in total. The van der Waals surface area contributed by atoms with Crippen molar-refractivity contribution in [1.82, 2.24) is 9.97 Å². The third-order valence-electron chi connectivity index (χ3n) is 3.29. The molecular formula is C13H21BrN4. The van der Waals surface area contributed by atoms with Gasteiger partial charge in [-0.25, -0.2) is 4.98 Å². The zero-order chi connectivity index (χ0) is 13.1. The molecule has 1 saturated carbocycles. The minimum atomic E-state index is 0.527. The van der Waals surface area contributed by atoms with Gasteiger partial charge in [0.05, 0.1) is 0 Å². The Morgan fingerprint density at radius 3 is 2.61 bits per heavy atom. The van der Waals surface area contributed by atoms with Crippen molar-refractivity contribution in [2.75, 3.05) is 17.2 Å². The fourth-order valence-corrected chi connectivity index (χ4v) is 2.95. The highest BCUT2D eigenvalue weighted by Gasteiger charge is 2.25. The number of rotatable bonds is 4. The summed E-state index contributed by atoms with van der Waals surface area (Å²) in [6, 6.07) is 2.31. The Bertz CT molecular complexity index is 382. The molecule has 18 heavy (non-hydrogen) atoms. The van der Waals surface area contributed by atoms with E-state index in [9.17, 15) is 0 Å². The average molecular weight is 313 g/mol. The molecule has 0 bridgehead atoms. The predicted octanol–water partition coefficient (Wildman–Crippen LogP) is 3.23. The Morgan fingerprint density at radius 2 is 2.06 bits per heavy atom. The van der Waals surface area contributed by atoms with Crippen molar-refractivity contribution in [1.29, 1.82) is 0 Å². The predicted molar refractivity (Wildman–Crippen MR) is 78.6 cm³/mol. The lowest BCUT2D eigenvalue weighted by Crippen LogP contribution is -2.37. The number of hydrogen-bond donors (Lipinski definition) is 1. The molecule has 1 heterocycles. The van der Waals surface area contributed by atoms with Gasteiger partial charge in [0.2, 0.25) is 5.95 Å². The van der Waals surface area contributed by atoms with Gasteiger partial charge in [-0.15, -0.1) is 0 Å². The van der Waals surface area contributed by atoms with Crippen LogP contribution in [0.25, 0.3) is 0 Å². The maximum Gasteiger partial charge on any atom is 0.228 e. The molecule has 0 atom stereocenters. The van der Waals surface area contributed by atoms with Gasteiger partial charge in [-0.2, -0.15) is 4.98 Å². The molecule has 0 aliphatic heterocycles. The summed E-state index contributed by atoms with van der Waals surface area (Å²) in [6.45, 7) is 5.44. The first kappa shape index (κ1) is 13.6. The van der Waals surface area contributed by atoms with Crippen molar-refractivity contribution < 1.29 is 0 Å². The van der Waals surface area contributed by atoms with Crippen molar-refractivity contribution >= 4 is 27.7 Å². The molecular weight excluding hydrogens is 292 g/mol. The molecule has 100 valence electrons. The molecule has 1 fully saturated rings. The Kier molecular flexibility index (Phi) is 4.43. The SMILES string of the molecule is CC(C)CN(c1nc(N)cc(Br)n1)C1CCCC1. The van der Waals surface area contributed by atoms with E-state index >= 15 is 0 Å². The van der Waals surface area contributed by atoms with E-state index in [2.05, 4.69) is 44.6 Å². The lowest BCUT2D eigenvalue weighted by molar-refractivity contribution is 0.525. The van der Waals surface area contributed by atoms with E-state index in [0.717, 1.165) is 17.1 Å². The molecule has 0 radical (unpaired) electrons. The topological polar surface area (TPSA) is 55.0 Å². The average Bonchev–Trinajstić information content (AvgIpc) is 2.77. The summed E-state index contributed by atoms with van der Waals surface area (Å²) in [5.41, 5.74) is 5.82. The maximum atomic E-state index is 5.82. The van der Waals surface area contributed by atoms with Gasteiger partial charge in [0.25, 0.3) is 0 Å². The Hall–Kier alpha value is -0.840. The van der Waals surface area contributed by atoms with E-state index in [1.165, 1.54) is 25.7 Å². The van der Waals surface area contributed by atoms with Crippen LogP contribution >= 0.6 is 15.9 Å². The molecule has 2 rings (SSSR count). The number of nitrogens with two attached hydrogens (primary N) is 1. The standard InChI is InChI=1S/C13H21BrN4/c1-9(2)8-18(10-5-3-4-6-10)13-16-11(14)7-12(15)17-13/h7,9-10H,3-6,8H2,1-2H3,(H2,15,16,17). The van der Waals surface area contributed by atoms with Crippen LogP contribution in [0.1, 0.15) is 39.5 Å². The second kappa shape index (κ2) is 5.87. The first-order valence-electron chi connectivity index (χ1n) is 6.63. The number of nitrogen functional groups attached to an aromatic ring is 1. The molecule has 0 saturated heterocycles. The van der Waals surface area contributed by atoms with Crippen molar-refractivity contribution in [2.45, 2.75) is 45.6 Å². The normalized spacial score (nSPS) is 16.4. The first-order chi connectivity index (χ1) is 8.56. The molecule has 1 aromatic rings. The first-order valence-corrected chi connectivity index (χ1v) is 7.42. The zero-order valence-corrected chi connectivity index (χ0v) is 12.7. The summed E-state index contributed by atoms with van der Waals surface area (Å²) in [6.07, 6.45) is 5.09. The molecule has 0 unspecified atom stereocenters. The van der Waals surface area contributed by atoms with Gasteiger partial charge in [0.1, 0.15) is 10.4 Å². The summed E-state index contributed by atoms with van der Waals surface area (Å²) >= 11 is 3.40. The van der Waals surface area contributed by atoms with Gasteiger partial charge in [-0.3, -0.25) is 0 Å². The summed E-state index contributed by atoms with van der Waals surface area (Å²) in [4.78, 5) is 11.2. The summed E-state index contributed by atoms with van der Waals surface area (Å²) in [5, 5.41) is 0. The molecule has 5 heteroatoms. The van der Waals surface area contributed by atoms with E-state index < -0.39 is 0 Å². The monoisotopic (exact) mass is 312 g/mol. The van der Waals surface area contributed by atoms with Crippen LogP contribution in [-0.4, -0.2) is 22.6 Å². The van der Waals surface area contributed by atoms with Gasteiger partial charge >= 0.3 is 0 Å². The van der Waals surface area contributed by atoms with E-state index in [1.807, 2.05) is 0 Å². The zero-order valence-electron chi connectivity index (χ0n) is 11.1. The van der Waals surface area contributed by atoms with Crippen LogP contribution in [0.3, 0.4) is 0 Å². The molecule has 0 spiro atoms. The molecule has 2 N–H and O–H groups in total. The van der Waals surface area contributed by atoms with E-state index in [-0.39, 0.29) is 0 Å². The van der Waals surface area contributed by atoms with Crippen LogP contribution in [-0.2, 0) is 0 Å². The molecule has 1 aliphatic carbocycles. The Morgan fingerprint density at radius 1 is 1.39 bits per heavy atom. The van der Waals surface area contributed by atoms with Gasteiger partial charge in [0, 0.05) is 18.7 Å². The third-order valence-corrected chi connectivity index (χ3v) is 3.69. The van der Waals surface area contributed by atoms with Gasteiger partial charge in [-0.05, 0) is 34.7 Å². The minimum Gasteiger partial charge on any atom is -0.383 e. The summed E-state index contributed by atoms with van der Waals surface area (Å²) in [7, 11) is 0. The maximum absolute atomic E-state index is 5.82. The number of anilines is 2.